The molecule has 0 saturated heterocycles. The Balaban J connectivity index is 2.71. The van der Waals surface area contributed by atoms with E-state index in [0.29, 0.717) is 23.1 Å². The minimum Gasteiger partial charge on any atom is -0.370 e. The lowest BCUT2D eigenvalue weighted by molar-refractivity contribution is -0.116. The molecule has 7 heteroatoms. The van der Waals surface area contributed by atoms with Gasteiger partial charge in [-0.3, -0.25) is 14.4 Å². The molecule has 1 N–H and O–H groups in total. The molecule has 1 heterocycles. The monoisotopic (exact) mass is 360 g/mol. The van der Waals surface area contributed by atoms with E-state index in [1.54, 1.807) is 20.2 Å². The zero-order valence-corrected chi connectivity index (χ0v) is 16.3. The lowest BCUT2D eigenvalue weighted by Gasteiger charge is -2.25. The normalized spacial score (nSPS) is 11.0. The molecule has 0 aliphatic rings. The van der Waals surface area contributed by atoms with Gasteiger partial charge in [-0.15, -0.1) is 0 Å². The third kappa shape index (κ3) is 3.66. The first-order chi connectivity index (χ1) is 12.3. The summed E-state index contributed by atoms with van der Waals surface area (Å²) in [5.74, 6) is -0.0468. The molecule has 0 aliphatic heterocycles. The molecule has 26 heavy (non-hydrogen) atoms. The molecule has 7 nitrogen and oxygen atoms in total. The summed E-state index contributed by atoms with van der Waals surface area (Å²) in [6.45, 7) is 7.65. The summed E-state index contributed by atoms with van der Waals surface area (Å²) >= 11 is 0. The molecule has 0 fully saturated rings. The van der Waals surface area contributed by atoms with Crippen molar-refractivity contribution in [3.05, 3.63) is 32.8 Å². The number of anilines is 2. The molecule has 0 spiro atoms. The lowest BCUT2D eigenvalue weighted by atomic mass is 10.1. The second-order valence-corrected chi connectivity index (χ2v) is 6.41. The zero-order valence-electron chi connectivity index (χ0n) is 16.3. The van der Waals surface area contributed by atoms with Gasteiger partial charge in [0.2, 0.25) is 5.91 Å². The van der Waals surface area contributed by atoms with Gasteiger partial charge in [-0.25, -0.2) is 0 Å². The van der Waals surface area contributed by atoms with Gasteiger partial charge in [0.15, 0.2) is 0 Å². The summed E-state index contributed by atoms with van der Waals surface area (Å²) in [7, 11) is 3.17. The molecule has 0 atom stereocenters. The summed E-state index contributed by atoms with van der Waals surface area (Å²) in [6, 6.07) is 3.66. The van der Waals surface area contributed by atoms with Gasteiger partial charge in [0.25, 0.3) is 0 Å². The van der Waals surface area contributed by atoms with E-state index in [2.05, 4.69) is 10.2 Å². The van der Waals surface area contributed by atoms with Gasteiger partial charge in [-0.1, -0.05) is 13.3 Å². The number of hydrogen-bond acceptors (Lipinski definition) is 4. The Morgan fingerprint density at radius 2 is 1.54 bits per heavy atom. The van der Waals surface area contributed by atoms with Crippen LogP contribution in [0.2, 0.25) is 0 Å². The van der Waals surface area contributed by atoms with Crippen molar-refractivity contribution in [3.8, 4) is 0 Å². The Morgan fingerprint density at radius 1 is 1.00 bits per heavy atom. The Kier molecular flexibility index (Phi) is 6.23. The maximum absolute atomic E-state index is 12.3. The third-order valence-corrected chi connectivity index (χ3v) is 4.74. The van der Waals surface area contributed by atoms with Crippen molar-refractivity contribution in [3.63, 3.8) is 0 Å². The summed E-state index contributed by atoms with van der Waals surface area (Å²) in [5.41, 5.74) is 1.63. The van der Waals surface area contributed by atoms with Crippen LogP contribution in [0.5, 0.6) is 0 Å². The first-order valence-electron chi connectivity index (χ1n) is 9.14. The summed E-state index contributed by atoms with van der Waals surface area (Å²) in [6.07, 6.45) is 2.23. The number of hydrogen-bond donors (Lipinski definition) is 1. The van der Waals surface area contributed by atoms with Crippen LogP contribution in [-0.4, -0.2) is 28.1 Å². The quantitative estimate of drug-likeness (QED) is 0.768. The fraction of sp³-hybridized carbons (Fsp3) is 0.526. The topological polar surface area (TPSA) is 76.3 Å². The molecular formula is C19H28N4O3. The van der Waals surface area contributed by atoms with Crippen molar-refractivity contribution in [2.24, 2.45) is 14.1 Å². The van der Waals surface area contributed by atoms with Crippen LogP contribution in [0, 0.1) is 0 Å². The summed E-state index contributed by atoms with van der Waals surface area (Å²) in [5, 5.41) is 2.98. The van der Waals surface area contributed by atoms with E-state index >= 15 is 0 Å². The second-order valence-electron chi connectivity index (χ2n) is 6.41. The van der Waals surface area contributed by atoms with Crippen molar-refractivity contribution in [2.75, 3.05) is 23.3 Å². The van der Waals surface area contributed by atoms with Gasteiger partial charge < -0.3 is 19.4 Å². The minimum atomic E-state index is -0.584. The number of aromatic nitrogens is 2. The average Bonchev–Trinajstić information content (AvgIpc) is 2.64. The molecule has 0 aliphatic carbocycles. The molecule has 0 saturated carbocycles. The number of fused-ring (bicyclic) bond motifs is 1. The molecule has 1 aromatic heterocycles. The number of benzene rings is 1. The fourth-order valence-corrected chi connectivity index (χ4v) is 3.08. The Labute approximate surface area is 153 Å². The molecule has 0 unspecified atom stereocenters. The number of unbranched alkanes of at least 4 members (excludes halogenated alkanes) is 1. The van der Waals surface area contributed by atoms with E-state index in [1.807, 2.05) is 26.8 Å². The second kappa shape index (κ2) is 8.21. The summed E-state index contributed by atoms with van der Waals surface area (Å²) in [4.78, 5) is 38.7. The largest absolute Gasteiger partial charge is 0.370 e. The SMILES string of the molecule is CCCCC(=O)Nc1cc2c(cc1N(CC)CC)n(C)c(=O)c(=O)n2C. The van der Waals surface area contributed by atoms with Crippen LogP contribution in [0.25, 0.3) is 11.0 Å². The Hall–Kier alpha value is -2.57. The molecule has 2 aromatic rings. The Bertz CT molecular complexity index is 923. The van der Waals surface area contributed by atoms with Gasteiger partial charge >= 0.3 is 11.1 Å². The first-order valence-corrected chi connectivity index (χ1v) is 9.14. The van der Waals surface area contributed by atoms with Gasteiger partial charge in [-0.05, 0) is 32.4 Å². The van der Waals surface area contributed by atoms with Crippen LogP contribution in [0.4, 0.5) is 11.4 Å². The van der Waals surface area contributed by atoms with Crippen LogP contribution in [0.15, 0.2) is 21.7 Å². The lowest BCUT2D eigenvalue weighted by Crippen LogP contribution is -2.39. The third-order valence-electron chi connectivity index (χ3n) is 4.74. The number of nitrogens with one attached hydrogen (secondary N) is 1. The molecule has 0 bridgehead atoms. The smallest absolute Gasteiger partial charge is 0.316 e. The van der Waals surface area contributed by atoms with E-state index in [-0.39, 0.29) is 5.91 Å². The molecule has 142 valence electrons. The van der Waals surface area contributed by atoms with Crippen molar-refractivity contribution in [1.82, 2.24) is 9.13 Å². The van der Waals surface area contributed by atoms with E-state index in [0.717, 1.165) is 31.6 Å². The molecule has 0 radical (unpaired) electrons. The van der Waals surface area contributed by atoms with Gasteiger partial charge in [0.05, 0.1) is 22.4 Å². The molecule has 2 rings (SSSR count). The number of amides is 1. The fourth-order valence-electron chi connectivity index (χ4n) is 3.08. The standard InChI is InChI=1S/C19H28N4O3/c1-6-9-10-17(24)20-13-11-15-16(12-14(13)23(7-2)8-3)22(5)19(26)18(25)21(15)4/h11-12H,6-10H2,1-5H3,(H,20,24). The number of carbonyl (C=O) groups excluding carboxylic acids is 1. The van der Waals surface area contributed by atoms with E-state index < -0.39 is 11.1 Å². The van der Waals surface area contributed by atoms with Crippen LogP contribution in [0.3, 0.4) is 0 Å². The number of nitrogens with zero attached hydrogens (tertiary/aromatic N) is 3. The van der Waals surface area contributed by atoms with Crippen molar-refractivity contribution in [1.29, 1.82) is 0 Å². The van der Waals surface area contributed by atoms with E-state index in [9.17, 15) is 14.4 Å². The number of rotatable bonds is 7. The molecule has 1 aromatic carbocycles. The zero-order chi connectivity index (χ0) is 19.4. The van der Waals surface area contributed by atoms with E-state index in [1.165, 1.54) is 9.13 Å². The first kappa shape index (κ1) is 19.8. The molecule has 1 amide bonds. The maximum Gasteiger partial charge on any atom is 0.316 e. The van der Waals surface area contributed by atoms with Crippen LogP contribution < -0.4 is 21.3 Å². The predicted octanol–water partition coefficient (Wildman–Crippen LogP) is 2.21. The van der Waals surface area contributed by atoms with Crippen molar-refractivity contribution >= 4 is 28.3 Å². The van der Waals surface area contributed by atoms with Gasteiger partial charge in [0.1, 0.15) is 0 Å². The van der Waals surface area contributed by atoms with Crippen LogP contribution in [0.1, 0.15) is 40.0 Å². The highest BCUT2D eigenvalue weighted by atomic mass is 16.2. The highest BCUT2D eigenvalue weighted by Crippen LogP contribution is 2.30. The van der Waals surface area contributed by atoms with Gasteiger partial charge in [0, 0.05) is 33.6 Å². The number of aryl methyl sites for hydroxylation is 2. The summed E-state index contributed by atoms with van der Waals surface area (Å²) < 4.78 is 2.71. The van der Waals surface area contributed by atoms with Crippen molar-refractivity contribution < 1.29 is 4.79 Å². The highest BCUT2D eigenvalue weighted by molar-refractivity contribution is 5.98. The number of carbonyl (C=O) groups is 1. The minimum absolute atomic E-state index is 0.0468. The van der Waals surface area contributed by atoms with Crippen molar-refractivity contribution in [2.45, 2.75) is 40.0 Å². The predicted molar refractivity (Wildman–Crippen MR) is 106 cm³/mol. The van der Waals surface area contributed by atoms with Crippen LogP contribution >= 0.6 is 0 Å². The van der Waals surface area contributed by atoms with Gasteiger partial charge in [-0.2, -0.15) is 0 Å². The Morgan fingerprint density at radius 3 is 2.04 bits per heavy atom. The van der Waals surface area contributed by atoms with E-state index in [4.69, 9.17) is 0 Å². The maximum atomic E-state index is 12.3. The molecular weight excluding hydrogens is 332 g/mol. The van der Waals surface area contributed by atoms with Crippen LogP contribution in [-0.2, 0) is 18.9 Å². The highest BCUT2D eigenvalue weighted by Gasteiger charge is 2.16. The average molecular weight is 360 g/mol.